The van der Waals surface area contributed by atoms with Crippen molar-refractivity contribution >= 4 is 46.0 Å². The fourth-order valence-corrected chi connectivity index (χ4v) is 4.58. The van der Waals surface area contributed by atoms with Gasteiger partial charge >= 0.3 is 5.69 Å². The number of halogens is 1. The average molecular weight is 530 g/mol. The lowest BCUT2D eigenvalue weighted by atomic mass is 10.0. The molecule has 2 unspecified atom stereocenters. The third kappa shape index (κ3) is 5.78. The fraction of sp³-hybridized carbons (Fsp3) is 0.174. The first-order valence-electron chi connectivity index (χ1n) is 10.5. The molecule has 11 nitrogen and oxygen atoms in total. The van der Waals surface area contributed by atoms with E-state index in [1.54, 1.807) is 48.5 Å². The smallest absolute Gasteiger partial charge is 0.328 e. The Morgan fingerprint density at radius 2 is 1.83 bits per heavy atom. The Morgan fingerprint density at radius 1 is 1.14 bits per heavy atom. The molecule has 0 radical (unpaired) electrons. The summed E-state index contributed by atoms with van der Waals surface area (Å²) in [6, 6.07) is 12.0. The van der Waals surface area contributed by atoms with E-state index in [2.05, 4.69) is 25.6 Å². The number of rotatable bonds is 7. The minimum Gasteiger partial charge on any atom is -0.497 e. The normalized spacial score (nSPS) is 17.0. The quantitative estimate of drug-likeness (QED) is 0.312. The summed E-state index contributed by atoms with van der Waals surface area (Å²) >= 11 is 6.87. The first-order valence-corrected chi connectivity index (χ1v) is 11.8. The monoisotopic (exact) mass is 529 g/mol. The number of aromatic nitrogens is 2. The highest BCUT2D eigenvalue weighted by Gasteiger charge is 2.33. The van der Waals surface area contributed by atoms with Gasteiger partial charge in [-0.05, 0) is 42.0 Å². The number of benzene rings is 2. The van der Waals surface area contributed by atoms with Gasteiger partial charge in [-0.25, -0.2) is 9.79 Å². The van der Waals surface area contributed by atoms with Gasteiger partial charge < -0.3 is 20.5 Å². The van der Waals surface area contributed by atoms with Crippen LogP contribution >= 0.6 is 23.4 Å². The lowest BCUT2D eigenvalue weighted by molar-refractivity contribution is -0.122. The van der Waals surface area contributed by atoms with E-state index in [1.807, 2.05) is 0 Å². The molecule has 0 aliphatic carbocycles. The summed E-state index contributed by atoms with van der Waals surface area (Å²) in [6.45, 7) is 0. The zero-order chi connectivity index (χ0) is 25.8. The molecular weight excluding hydrogens is 510 g/mol. The molecule has 0 bridgehead atoms. The number of ether oxygens (including phenoxy) is 1. The van der Waals surface area contributed by atoms with E-state index in [0.717, 1.165) is 11.8 Å². The lowest BCUT2D eigenvalue weighted by Crippen LogP contribution is -2.29. The number of aromatic amines is 2. The minimum absolute atomic E-state index is 0.129. The van der Waals surface area contributed by atoms with Gasteiger partial charge in [0.15, 0.2) is 5.17 Å². The fourth-order valence-electron chi connectivity index (χ4n) is 3.46. The van der Waals surface area contributed by atoms with Gasteiger partial charge in [-0.1, -0.05) is 35.5 Å². The minimum atomic E-state index is -1.08. The van der Waals surface area contributed by atoms with Crippen molar-refractivity contribution in [3.63, 3.8) is 0 Å². The highest BCUT2D eigenvalue weighted by Crippen LogP contribution is 2.32. The Kier molecular flexibility index (Phi) is 7.46. The third-order valence-corrected chi connectivity index (χ3v) is 6.53. The Labute approximate surface area is 213 Å². The van der Waals surface area contributed by atoms with Crippen LogP contribution in [0, 0.1) is 0 Å². The van der Waals surface area contributed by atoms with E-state index in [0.29, 0.717) is 22.0 Å². The Hall–Kier alpha value is -4.03. The van der Waals surface area contributed by atoms with Crippen LogP contribution in [-0.2, 0) is 9.59 Å². The molecule has 2 aromatic carbocycles. The van der Waals surface area contributed by atoms with Crippen LogP contribution < -0.4 is 26.6 Å². The van der Waals surface area contributed by atoms with Crippen molar-refractivity contribution in [2.45, 2.75) is 17.7 Å². The molecule has 2 heterocycles. The molecule has 4 rings (SSSR count). The van der Waals surface area contributed by atoms with E-state index in [-0.39, 0.29) is 23.1 Å². The molecule has 1 aromatic heterocycles. The summed E-state index contributed by atoms with van der Waals surface area (Å²) in [4.78, 5) is 57.8. The van der Waals surface area contributed by atoms with E-state index in [1.165, 1.54) is 7.11 Å². The number of aromatic hydroxyl groups is 1. The van der Waals surface area contributed by atoms with Gasteiger partial charge in [0.25, 0.3) is 5.56 Å². The van der Waals surface area contributed by atoms with Crippen molar-refractivity contribution in [3.05, 3.63) is 85.5 Å². The van der Waals surface area contributed by atoms with Crippen molar-refractivity contribution in [1.82, 2.24) is 15.3 Å². The number of nitrogens with one attached hydrogen (secondary N) is 4. The Morgan fingerprint density at radius 3 is 2.47 bits per heavy atom. The van der Waals surface area contributed by atoms with E-state index < -0.39 is 34.3 Å². The molecule has 1 saturated heterocycles. The number of anilines is 1. The molecule has 1 fully saturated rings. The maximum absolute atomic E-state index is 12.6. The van der Waals surface area contributed by atoms with Gasteiger partial charge in [0.05, 0.1) is 7.11 Å². The van der Waals surface area contributed by atoms with Crippen LogP contribution in [0.3, 0.4) is 0 Å². The highest BCUT2D eigenvalue weighted by atomic mass is 35.5. The molecular formula is C23H20ClN5O6S. The molecule has 2 amide bonds. The largest absolute Gasteiger partial charge is 0.497 e. The molecule has 5 N–H and O–H groups in total. The van der Waals surface area contributed by atoms with E-state index in [4.69, 9.17) is 16.3 Å². The van der Waals surface area contributed by atoms with Gasteiger partial charge in [0.2, 0.25) is 17.7 Å². The van der Waals surface area contributed by atoms with Crippen molar-refractivity contribution in [2.24, 2.45) is 4.99 Å². The molecule has 1 aliphatic rings. The zero-order valence-electron chi connectivity index (χ0n) is 18.7. The molecule has 13 heteroatoms. The standard InChI is InChI=1S/C23H20ClN5O6S/c1-35-14-8-2-11(3-9-14)18(17-20(32)27-22(34)28-21(17)33)26-23-29-19(31)15(36-23)10-16(30)25-13-6-4-12(24)5-7-13/h2-9,15,18H,10H2,1H3,(H,25,30)(H,26,29,31)(H3,27,28,32,33,34). The van der Waals surface area contributed by atoms with Crippen molar-refractivity contribution in [3.8, 4) is 11.6 Å². The number of carbonyl (C=O) groups is 2. The van der Waals surface area contributed by atoms with Gasteiger partial charge in [-0.2, -0.15) is 0 Å². The zero-order valence-corrected chi connectivity index (χ0v) is 20.3. The van der Waals surface area contributed by atoms with Crippen molar-refractivity contribution < 1.29 is 19.4 Å². The SMILES string of the molecule is COc1ccc(C(N=C2NC(=O)C(CC(=O)Nc3ccc(Cl)cc3)S2)c2c(O)[nH]c(=O)[nH]c2=O)cc1. The molecule has 0 spiro atoms. The summed E-state index contributed by atoms with van der Waals surface area (Å²) < 4.78 is 5.16. The number of H-pyrrole nitrogens is 2. The molecule has 1 aliphatic heterocycles. The van der Waals surface area contributed by atoms with Crippen LogP contribution in [0.25, 0.3) is 0 Å². The summed E-state index contributed by atoms with van der Waals surface area (Å²) in [5, 5.41) is 15.5. The molecule has 186 valence electrons. The van der Waals surface area contributed by atoms with Crippen LogP contribution in [0.1, 0.15) is 23.6 Å². The number of hydrogen-bond acceptors (Lipinski definition) is 8. The van der Waals surface area contributed by atoms with E-state index >= 15 is 0 Å². The predicted octanol–water partition coefficient (Wildman–Crippen LogP) is 2.14. The third-order valence-electron chi connectivity index (χ3n) is 5.19. The first kappa shape index (κ1) is 25.1. The van der Waals surface area contributed by atoms with Crippen LogP contribution in [0.4, 0.5) is 5.69 Å². The number of carbonyl (C=O) groups excluding carboxylic acids is 2. The van der Waals surface area contributed by atoms with Crippen molar-refractivity contribution in [2.75, 3.05) is 12.4 Å². The summed E-state index contributed by atoms with van der Waals surface area (Å²) in [6.07, 6.45) is -0.129. The van der Waals surface area contributed by atoms with Crippen molar-refractivity contribution in [1.29, 1.82) is 0 Å². The predicted molar refractivity (Wildman–Crippen MR) is 136 cm³/mol. The Balaban J connectivity index is 1.59. The number of thioether (sulfide) groups is 1. The summed E-state index contributed by atoms with van der Waals surface area (Å²) in [5.41, 5.74) is -0.915. The molecule has 3 aromatic rings. The summed E-state index contributed by atoms with van der Waals surface area (Å²) in [5.74, 6) is -0.909. The second-order valence-electron chi connectivity index (χ2n) is 7.64. The lowest BCUT2D eigenvalue weighted by Gasteiger charge is -2.15. The molecule has 0 saturated carbocycles. The van der Waals surface area contributed by atoms with Gasteiger partial charge in [-0.15, -0.1) is 0 Å². The average Bonchev–Trinajstić information content (AvgIpc) is 3.17. The molecule has 36 heavy (non-hydrogen) atoms. The van der Waals surface area contributed by atoms with Gasteiger partial charge in [-0.3, -0.25) is 24.4 Å². The number of amidine groups is 1. The number of aliphatic imine (C=N–C) groups is 1. The maximum Gasteiger partial charge on any atom is 0.328 e. The van der Waals surface area contributed by atoms with Gasteiger partial charge in [0, 0.05) is 17.1 Å². The van der Waals surface area contributed by atoms with Crippen LogP contribution in [0.15, 0.2) is 63.1 Å². The second kappa shape index (κ2) is 10.7. The Bertz CT molecular complexity index is 1440. The first-order chi connectivity index (χ1) is 17.2. The van der Waals surface area contributed by atoms with Gasteiger partial charge in [0.1, 0.15) is 22.6 Å². The second-order valence-corrected chi connectivity index (χ2v) is 9.26. The number of nitrogens with zero attached hydrogens (tertiary/aromatic N) is 1. The van der Waals surface area contributed by atoms with Crippen LogP contribution in [0.2, 0.25) is 5.02 Å². The van der Waals surface area contributed by atoms with E-state index in [9.17, 15) is 24.3 Å². The number of methoxy groups -OCH3 is 1. The van der Waals surface area contributed by atoms with Crippen LogP contribution in [-0.4, -0.2) is 44.4 Å². The van der Waals surface area contributed by atoms with Crippen LogP contribution in [0.5, 0.6) is 11.6 Å². The topological polar surface area (TPSA) is 166 Å². The molecule has 2 atom stereocenters. The summed E-state index contributed by atoms with van der Waals surface area (Å²) in [7, 11) is 1.50. The maximum atomic E-state index is 12.6. The number of amides is 2. The number of hydrogen-bond donors (Lipinski definition) is 5. The highest BCUT2D eigenvalue weighted by molar-refractivity contribution is 8.15.